The number of amides is 2. The molecular formula is C24H26N4O4S. The van der Waals surface area contributed by atoms with Crippen LogP contribution in [0.15, 0.2) is 58.3 Å². The van der Waals surface area contributed by atoms with Gasteiger partial charge in [-0.1, -0.05) is 43.2 Å². The molecule has 1 aliphatic rings. The number of hydrogen-bond donors (Lipinski definition) is 2. The van der Waals surface area contributed by atoms with Gasteiger partial charge in [0.05, 0.1) is 11.4 Å². The van der Waals surface area contributed by atoms with Crippen molar-refractivity contribution in [2.75, 3.05) is 0 Å². The minimum absolute atomic E-state index is 0.279. The van der Waals surface area contributed by atoms with Gasteiger partial charge in [0, 0.05) is 17.1 Å². The summed E-state index contributed by atoms with van der Waals surface area (Å²) in [4.78, 5) is 51.6. The van der Waals surface area contributed by atoms with Gasteiger partial charge >= 0.3 is 5.69 Å². The van der Waals surface area contributed by atoms with E-state index in [1.807, 2.05) is 36.4 Å². The average molecular weight is 467 g/mol. The molecule has 0 spiro atoms. The molecule has 9 heteroatoms. The molecule has 2 aromatic heterocycles. The lowest BCUT2D eigenvalue weighted by atomic mass is 10.00. The minimum Gasteiger partial charge on any atom is -0.296 e. The Morgan fingerprint density at radius 1 is 0.939 bits per heavy atom. The number of aryl methyl sites for hydroxylation is 2. The fraction of sp³-hybridized carbons (Fsp3) is 0.333. The fourth-order valence-corrected chi connectivity index (χ4v) is 5.08. The second-order valence-corrected chi connectivity index (χ2v) is 9.25. The molecule has 0 bridgehead atoms. The number of hydrogen-bond acceptors (Lipinski definition) is 5. The first-order valence-corrected chi connectivity index (χ1v) is 11.9. The van der Waals surface area contributed by atoms with E-state index in [-0.39, 0.29) is 6.54 Å². The van der Waals surface area contributed by atoms with Crippen molar-refractivity contribution in [3.05, 3.63) is 90.4 Å². The van der Waals surface area contributed by atoms with Crippen LogP contribution in [0.25, 0.3) is 0 Å². The molecule has 1 aliphatic carbocycles. The van der Waals surface area contributed by atoms with E-state index in [0.717, 1.165) is 35.8 Å². The Hall–Kier alpha value is -3.46. The Kier molecular flexibility index (Phi) is 7.19. The summed E-state index contributed by atoms with van der Waals surface area (Å²) in [5.74, 6) is -1.06. The fourth-order valence-electron chi connectivity index (χ4n) is 3.93. The molecule has 4 rings (SSSR count). The third kappa shape index (κ3) is 5.67. The number of benzene rings is 1. The molecule has 0 radical (unpaired) electrons. The molecule has 8 nitrogen and oxygen atoms in total. The van der Waals surface area contributed by atoms with Gasteiger partial charge in [0.2, 0.25) is 0 Å². The number of rotatable bonds is 5. The molecule has 0 aliphatic heterocycles. The zero-order valence-electron chi connectivity index (χ0n) is 18.2. The van der Waals surface area contributed by atoms with Crippen molar-refractivity contribution in [3.63, 3.8) is 0 Å². The lowest BCUT2D eigenvalue weighted by Gasteiger charge is -2.10. The van der Waals surface area contributed by atoms with Crippen molar-refractivity contribution in [2.24, 2.45) is 0 Å². The van der Waals surface area contributed by atoms with Gasteiger partial charge in [-0.2, -0.15) is 0 Å². The van der Waals surface area contributed by atoms with E-state index >= 15 is 0 Å². The van der Waals surface area contributed by atoms with Gasteiger partial charge in [0.25, 0.3) is 17.4 Å². The molecule has 0 unspecified atom stereocenters. The van der Waals surface area contributed by atoms with Crippen molar-refractivity contribution in [2.45, 2.75) is 51.6 Å². The van der Waals surface area contributed by atoms with Gasteiger partial charge in [0.1, 0.15) is 6.54 Å². The van der Waals surface area contributed by atoms with Crippen molar-refractivity contribution in [1.29, 1.82) is 0 Å². The van der Waals surface area contributed by atoms with Crippen LogP contribution in [-0.2, 0) is 30.7 Å². The van der Waals surface area contributed by atoms with Crippen LogP contribution in [0.1, 0.15) is 51.4 Å². The summed E-state index contributed by atoms with van der Waals surface area (Å²) in [5, 5.41) is 0. The average Bonchev–Trinajstić information content (AvgIpc) is 3.19. The third-order valence-corrected chi connectivity index (χ3v) is 6.91. The number of carbonyl (C=O) groups excluding carboxylic acids is 2. The van der Waals surface area contributed by atoms with Gasteiger partial charge in [0.15, 0.2) is 0 Å². The van der Waals surface area contributed by atoms with Gasteiger partial charge in [-0.15, -0.1) is 11.3 Å². The Bertz CT molecular complexity index is 1230. The lowest BCUT2D eigenvalue weighted by Crippen LogP contribution is -2.47. The summed E-state index contributed by atoms with van der Waals surface area (Å²) in [5.41, 5.74) is 5.66. The summed E-state index contributed by atoms with van der Waals surface area (Å²) in [6.45, 7) is -0.212. The maximum Gasteiger partial charge on any atom is 0.331 e. The molecule has 1 aromatic carbocycles. The second-order valence-electron chi connectivity index (χ2n) is 8.11. The van der Waals surface area contributed by atoms with Crippen molar-refractivity contribution in [1.82, 2.24) is 20.0 Å². The first-order valence-electron chi connectivity index (χ1n) is 11.1. The first-order chi connectivity index (χ1) is 16.0. The summed E-state index contributed by atoms with van der Waals surface area (Å²) in [7, 11) is 0. The van der Waals surface area contributed by atoms with Crippen LogP contribution in [0, 0.1) is 0 Å². The molecule has 172 valence electrons. The molecular weight excluding hydrogens is 440 g/mol. The Morgan fingerprint density at radius 3 is 2.48 bits per heavy atom. The van der Waals surface area contributed by atoms with Crippen molar-refractivity contribution in [3.8, 4) is 0 Å². The maximum atomic E-state index is 12.7. The number of carbonyl (C=O) groups is 2. The number of fused-ring (bicyclic) bond motifs is 1. The zero-order valence-corrected chi connectivity index (χ0v) is 19.0. The van der Waals surface area contributed by atoms with Crippen LogP contribution in [0.2, 0.25) is 0 Å². The molecule has 0 atom stereocenters. The standard InChI is InChI=1S/C24H26N4O4S/c29-21(25-26-23(31)20-14-18-10-6-1-2-7-11-19(18)33-20)16-28-22(30)12-13-27(24(28)32)15-17-8-4-3-5-9-17/h3-5,8-9,12-14H,1-2,6-7,10-11,15-16H2,(H,25,29)(H,26,31). The van der Waals surface area contributed by atoms with E-state index in [1.165, 1.54) is 51.4 Å². The number of nitrogens with zero attached hydrogens (tertiary/aromatic N) is 2. The van der Waals surface area contributed by atoms with E-state index in [2.05, 4.69) is 10.9 Å². The smallest absolute Gasteiger partial charge is 0.296 e. The molecule has 0 saturated heterocycles. The van der Waals surface area contributed by atoms with Crippen LogP contribution in [0.3, 0.4) is 0 Å². The number of aromatic nitrogens is 2. The van der Waals surface area contributed by atoms with E-state index < -0.39 is 29.6 Å². The summed E-state index contributed by atoms with van der Waals surface area (Å²) >= 11 is 1.46. The van der Waals surface area contributed by atoms with Crippen molar-refractivity contribution < 1.29 is 9.59 Å². The second kappa shape index (κ2) is 10.4. The van der Waals surface area contributed by atoms with Crippen LogP contribution in [0.4, 0.5) is 0 Å². The normalized spacial score (nSPS) is 13.5. The molecule has 2 amide bonds. The molecule has 2 heterocycles. The first kappa shape index (κ1) is 22.7. The van der Waals surface area contributed by atoms with E-state index in [0.29, 0.717) is 4.88 Å². The zero-order chi connectivity index (χ0) is 23.2. The highest BCUT2D eigenvalue weighted by atomic mass is 32.1. The highest BCUT2D eigenvalue weighted by Gasteiger charge is 2.17. The van der Waals surface area contributed by atoms with E-state index in [4.69, 9.17) is 0 Å². The Morgan fingerprint density at radius 2 is 1.70 bits per heavy atom. The maximum absolute atomic E-state index is 12.7. The van der Waals surface area contributed by atoms with Gasteiger partial charge < -0.3 is 0 Å². The highest BCUT2D eigenvalue weighted by molar-refractivity contribution is 7.14. The summed E-state index contributed by atoms with van der Waals surface area (Å²) < 4.78 is 2.21. The number of thiophene rings is 1. The highest BCUT2D eigenvalue weighted by Crippen LogP contribution is 2.28. The van der Waals surface area contributed by atoms with Gasteiger partial charge in [-0.25, -0.2) is 4.79 Å². The van der Waals surface area contributed by atoms with Gasteiger partial charge in [-0.3, -0.25) is 34.4 Å². The molecule has 33 heavy (non-hydrogen) atoms. The molecule has 2 N–H and O–H groups in total. The molecule has 0 fully saturated rings. The quantitative estimate of drug-likeness (QED) is 0.563. The molecule has 3 aromatic rings. The summed E-state index contributed by atoms with van der Waals surface area (Å²) in [6.07, 6.45) is 8.02. The topological polar surface area (TPSA) is 102 Å². The lowest BCUT2D eigenvalue weighted by molar-refractivity contribution is -0.122. The van der Waals surface area contributed by atoms with Crippen LogP contribution in [0.5, 0.6) is 0 Å². The Labute approximate surface area is 194 Å². The predicted octanol–water partition coefficient (Wildman–Crippen LogP) is 2.24. The third-order valence-electron chi connectivity index (χ3n) is 5.67. The SMILES string of the molecule is O=C(Cn1c(=O)ccn(Cc2ccccc2)c1=O)NNC(=O)c1cc2c(s1)CCCCCC2. The number of hydrazine groups is 1. The van der Waals surface area contributed by atoms with Crippen molar-refractivity contribution >= 4 is 23.2 Å². The van der Waals surface area contributed by atoms with E-state index in [1.54, 1.807) is 0 Å². The van der Waals surface area contributed by atoms with Crippen LogP contribution in [-0.4, -0.2) is 20.9 Å². The van der Waals surface area contributed by atoms with Crippen LogP contribution < -0.4 is 22.1 Å². The van der Waals surface area contributed by atoms with Crippen LogP contribution >= 0.6 is 11.3 Å². The predicted molar refractivity (Wildman–Crippen MR) is 126 cm³/mol. The molecule has 0 saturated carbocycles. The summed E-state index contributed by atoms with van der Waals surface area (Å²) in [6, 6.07) is 12.5. The number of nitrogens with one attached hydrogen (secondary N) is 2. The monoisotopic (exact) mass is 466 g/mol. The van der Waals surface area contributed by atoms with E-state index in [9.17, 15) is 19.2 Å². The minimum atomic E-state index is -0.657. The van der Waals surface area contributed by atoms with Gasteiger partial charge in [-0.05, 0) is 42.9 Å². The Balaban J connectivity index is 1.39. The largest absolute Gasteiger partial charge is 0.331 e.